The molecular weight excluding hydrogens is 328 g/mol. The zero-order valence-corrected chi connectivity index (χ0v) is 18.3. The summed E-state index contributed by atoms with van der Waals surface area (Å²) in [5.41, 5.74) is -1.02. The first-order valence-corrected chi connectivity index (χ1v) is 10.0. The van der Waals surface area contributed by atoms with Gasteiger partial charge in [-0.25, -0.2) is 0 Å². The standard InChI is InChI=1S/C21H42N2O3/c1-16(2)10-9-12-22-19(25)20(5,6)11-13-26-21(7,8)14-18(24)23-15-17(3)4/h16-17H,9-15H2,1-8H3,(H,22,25)(H,23,24). The van der Waals surface area contributed by atoms with Gasteiger partial charge in [0.05, 0.1) is 12.0 Å². The van der Waals surface area contributed by atoms with Crippen molar-refractivity contribution in [2.75, 3.05) is 19.7 Å². The lowest BCUT2D eigenvalue weighted by Crippen LogP contribution is -2.40. The van der Waals surface area contributed by atoms with E-state index >= 15 is 0 Å². The number of rotatable bonds is 13. The number of carbonyl (C=O) groups is 2. The van der Waals surface area contributed by atoms with E-state index in [1.807, 2.05) is 27.7 Å². The molecule has 0 heterocycles. The maximum absolute atomic E-state index is 12.4. The van der Waals surface area contributed by atoms with Gasteiger partial charge in [0, 0.05) is 25.1 Å². The molecule has 154 valence electrons. The van der Waals surface area contributed by atoms with E-state index in [9.17, 15) is 9.59 Å². The Morgan fingerprint density at radius 2 is 1.58 bits per heavy atom. The Morgan fingerprint density at radius 1 is 0.962 bits per heavy atom. The van der Waals surface area contributed by atoms with Gasteiger partial charge in [-0.15, -0.1) is 0 Å². The van der Waals surface area contributed by atoms with Gasteiger partial charge in [0.2, 0.25) is 11.8 Å². The summed E-state index contributed by atoms with van der Waals surface area (Å²) >= 11 is 0. The van der Waals surface area contributed by atoms with Crippen LogP contribution >= 0.6 is 0 Å². The second-order valence-electron chi connectivity index (χ2n) is 9.41. The molecule has 0 bridgehead atoms. The van der Waals surface area contributed by atoms with E-state index in [1.54, 1.807) is 0 Å². The summed E-state index contributed by atoms with van der Waals surface area (Å²) < 4.78 is 5.91. The molecule has 5 nitrogen and oxygen atoms in total. The molecule has 2 amide bonds. The molecule has 0 aliphatic heterocycles. The maximum Gasteiger partial charge on any atom is 0.225 e. The van der Waals surface area contributed by atoms with Gasteiger partial charge in [0.1, 0.15) is 0 Å². The van der Waals surface area contributed by atoms with Crippen molar-refractivity contribution >= 4 is 11.8 Å². The fourth-order valence-electron chi connectivity index (χ4n) is 2.47. The molecule has 0 spiro atoms. The minimum atomic E-state index is -0.537. The van der Waals surface area contributed by atoms with Crippen molar-refractivity contribution in [1.82, 2.24) is 10.6 Å². The van der Waals surface area contributed by atoms with Crippen LogP contribution in [0.2, 0.25) is 0 Å². The molecule has 0 aliphatic carbocycles. The monoisotopic (exact) mass is 370 g/mol. The van der Waals surface area contributed by atoms with E-state index in [0.717, 1.165) is 19.4 Å². The lowest BCUT2D eigenvalue weighted by Gasteiger charge is -2.28. The van der Waals surface area contributed by atoms with E-state index in [4.69, 9.17) is 4.74 Å². The Morgan fingerprint density at radius 3 is 2.12 bits per heavy atom. The van der Waals surface area contributed by atoms with Crippen LogP contribution in [0.3, 0.4) is 0 Å². The van der Waals surface area contributed by atoms with Crippen molar-refractivity contribution in [2.24, 2.45) is 17.3 Å². The Bertz CT molecular complexity index is 429. The Balaban J connectivity index is 4.19. The molecule has 26 heavy (non-hydrogen) atoms. The molecule has 0 radical (unpaired) electrons. The van der Waals surface area contributed by atoms with Gasteiger partial charge in [-0.05, 0) is 44.9 Å². The normalized spacial score (nSPS) is 12.5. The summed E-state index contributed by atoms with van der Waals surface area (Å²) in [5.74, 6) is 1.17. The van der Waals surface area contributed by atoms with Crippen LogP contribution in [-0.2, 0) is 14.3 Å². The second-order valence-corrected chi connectivity index (χ2v) is 9.41. The number of amides is 2. The SMILES string of the molecule is CC(C)CCCNC(=O)C(C)(C)CCOC(C)(C)CC(=O)NCC(C)C. The predicted octanol–water partition coefficient (Wildman–Crippen LogP) is 3.91. The highest BCUT2D eigenvalue weighted by Gasteiger charge is 2.29. The molecule has 0 rings (SSSR count). The number of ether oxygens (including phenoxy) is 1. The molecule has 0 atom stereocenters. The molecule has 0 saturated heterocycles. The molecular formula is C21H42N2O3. The summed E-state index contributed by atoms with van der Waals surface area (Å²) in [6.45, 7) is 18.1. The van der Waals surface area contributed by atoms with E-state index < -0.39 is 11.0 Å². The average Bonchev–Trinajstić information content (AvgIpc) is 2.48. The van der Waals surface area contributed by atoms with Crippen LogP contribution in [0.5, 0.6) is 0 Å². The van der Waals surface area contributed by atoms with Crippen molar-refractivity contribution < 1.29 is 14.3 Å². The van der Waals surface area contributed by atoms with Gasteiger partial charge in [-0.3, -0.25) is 9.59 Å². The van der Waals surface area contributed by atoms with Crippen LogP contribution in [-0.4, -0.2) is 37.1 Å². The quantitative estimate of drug-likeness (QED) is 0.483. The lowest BCUT2D eigenvalue weighted by atomic mass is 9.88. The fourth-order valence-corrected chi connectivity index (χ4v) is 2.47. The van der Waals surface area contributed by atoms with Gasteiger partial charge in [0.15, 0.2) is 0 Å². The predicted molar refractivity (Wildman–Crippen MR) is 108 cm³/mol. The number of hydrogen-bond acceptors (Lipinski definition) is 3. The number of nitrogens with one attached hydrogen (secondary N) is 2. The van der Waals surface area contributed by atoms with E-state index in [-0.39, 0.29) is 11.8 Å². The molecule has 0 fully saturated rings. The van der Waals surface area contributed by atoms with Crippen molar-refractivity contribution in [2.45, 2.75) is 86.7 Å². The largest absolute Gasteiger partial charge is 0.375 e. The van der Waals surface area contributed by atoms with E-state index in [1.165, 1.54) is 0 Å². The zero-order valence-electron chi connectivity index (χ0n) is 18.3. The molecule has 0 aromatic heterocycles. The van der Waals surface area contributed by atoms with Crippen molar-refractivity contribution in [3.8, 4) is 0 Å². The summed E-state index contributed by atoms with van der Waals surface area (Å²) in [4.78, 5) is 24.3. The minimum absolute atomic E-state index is 0.00542. The maximum atomic E-state index is 12.4. The van der Waals surface area contributed by atoms with Crippen LogP contribution in [0.1, 0.15) is 81.1 Å². The fraction of sp³-hybridized carbons (Fsp3) is 0.905. The van der Waals surface area contributed by atoms with Gasteiger partial charge in [0.25, 0.3) is 0 Å². The first-order chi connectivity index (χ1) is 11.9. The third-order valence-corrected chi connectivity index (χ3v) is 4.37. The summed E-state index contributed by atoms with van der Waals surface area (Å²) in [7, 11) is 0. The third kappa shape index (κ3) is 12.3. The third-order valence-electron chi connectivity index (χ3n) is 4.37. The molecule has 0 saturated carbocycles. The molecule has 0 aliphatic rings. The highest BCUT2D eigenvalue weighted by Crippen LogP contribution is 2.23. The van der Waals surface area contributed by atoms with Gasteiger partial charge in [-0.1, -0.05) is 41.5 Å². The summed E-state index contributed by atoms with van der Waals surface area (Å²) in [6, 6.07) is 0. The smallest absolute Gasteiger partial charge is 0.225 e. The number of carbonyl (C=O) groups excluding carboxylic acids is 2. The average molecular weight is 371 g/mol. The first kappa shape index (κ1) is 24.9. The Hall–Kier alpha value is -1.10. The van der Waals surface area contributed by atoms with Gasteiger partial charge < -0.3 is 15.4 Å². The van der Waals surface area contributed by atoms with Gasteiger partial charge >= 0.3 is 0 Å². The lowest BCUT2D eigenvalue weighted by molar-refractivity contribution is -0.133. The van der Waals surface area contributed by atoms with Crippen LogP contribution < -0.4 is 10.6 Å². The van der Waals surface area contributed by atoms with Crippen LogP contribution in [0, 0.1) is 17.3 Å². The highest BCUT2D eigenvalue weighted by molar-refractivity contribution is 5.81. The molecule has 2 N–H and O–H groups in total. The van der Waals surface area contributed by atoms with Gasteiger partial charge in [-0.2, -0.15) is 0 Å². The Kier molecular flexibility index (Phi) is 11.1. The highest BCUT2D eigenvalue weighted by atomic mass is 16.5. The number of hydrogen-bond donors (Lipinski definition) is 2. The zero-order chi connectivity index (χ0) is 20.4. The van der Waals surface area contributed by atoms with E-state index in [2.05, 4.69) is 38.3 Å². The molecule has 0 aromatic rings. The Labute approximate surface area is 161 Å². The van der Waals surface area contributed by atoms with Crippen LogP contribution in [0.15, 0.2) is 0 Å². The minimum Gasteiger partial charge on any atom is -0.375 e. The molecule has 0 unspecified atom stereocenters. The first-order valence-electron chi connectivity index (χ1n) is 10.0. The molecule has 5 heteroatoms. The van der Waals surface area contributed by atoms with Crippen LogP contribution in [0.4, 0.5) is 0 Å². The topological polar surface area (TPSA) is 67.4 Å². The van der Waals surface area contributed by atoms with E-state index in [0.29, 0.717) is 37.8 Å². The van der Waals surface area contributed by atoms with Crippen molar-refractivity contribution in [3.05, 3.63) is 0 Å². The van der Waals surface area contributed by atoms with Crippen LogP contribution in [0.25, 0.3) is 0 Å². The second kappa shape index (κ2) is 11.6. The summed E-state index contributed by atoms with van der Waals surface area (Å²) in [6.07, 6.45) is 3.08. The summed E-state index contributed by atoms with van der Waals surface area (Å²) in [5, 5.41) is 5.94. The van der Waals surface area contributed by atoms with Crippen molar-refractivity contribution in [3.63, 3.8) is 0 Å². The van der Waals surface area contributed by atoms with Crippen molar-refractivity contribution in [1.29, 1.82) is 0 Å². The molecule has 0 aromatic carbocycles.